The number of hydrogen-bond donors (Lipinski definition) is 1. The van der Waals surface area contributed by atoms with Crippen molar-refractivity contribution in [1.82, 2.24) is 10.2 Å². The van der Waals surface area contributed by atoms with Crippen LogP contribution in [0.2, 0.25) is 0 Å². The van der Waals surface area contributed by atoms with Crippen molar-refractivity contribution in [1.29, 1.82) is 0 Å². The van der Waals surface area contributed by atoms with E-state index >= 15 is 0 Å². The Morgan fingerprint density at radius 2 is 2.41 bits per heavy atom. The van der Waals surface area contributed by atoms with Crippen molar-refractivity contribution in [3.8, 4) is 0 Å². The lowest BCUT2D eigenvalue weighted by Crippen LogP contribution is -2.49. The summed E-state index contributed by atoms with van der Waals surface area (Å²) in [6.45, 7) is 10.4. The molecule has 17 heavy (non-hydrogen) atoms. The molecule has 2 unspecified atom stereocenters. The van der Waals surface area contributed by atoms with Crippen molar-refractivity contribution in [3.05, 3.63) is 22.4 Å². The number of hydrogen-bond acceptors (Lipinski definition) is 3. The van der Waals surface area contributed by atoms with Crippen LogP contribution in [0.1, 0.15) is 39.2 Å². The summed E-state index contributed by atoms with van der Waals surface area (Å²) in [6, 6.07) is 2.93. The molecule has 0 saturated carbocycles. The third kappa shape index (κ3) is 3.30. The highest BCUT2D eigenvalue weighted by Crippen LogP contribution is 2.21. The first kappa shape index (κ1) is 13.1. The van der Waals surface area contributed by atoms with E-state index in [1.54, 1.807) is 11.3 Å². The number of nitrogens with zero attached hydrogens (tertiary/aromatic N) is 1. The molecule has 1 N–H and O–H groups in total. The van der Waals surface area contributed by atoms with Gasteiger partial charge in [-0.05, 0) is 55.6 Å². The van der Waals surface area contributed by atoms with E-state index < -0.39 is 0 Å². The van der Waals surface area contributed by atoms with Gasteiger partial charge in [0.1, 0.15) is 0 Å². The molecule has 0 aliphatic carbocycles. The summed E-state index contributed by atoms with van der Waals surface area (Å²) in [5, 5.41) is 8.16. The van der Waals surface area contributed by atoms with E-state index in [2.05, 4.69) is 47.8 Å². The van der Waals surface area contributed by atoms with Crippen molar-refractivity contribution >= 4 is 11.3 Å². The van der Waals surface area contributed by atoms with Crippen LogP contribution in [0, 0.1) is 0 Å². The van der Waals surface area contributed by atoms with E-state index in [4.69, 9.17) is 0 Å². The van der Waals surface area contributed by atoms with Crippen LogP contribution in [0.4, 0.5) is 0 Å². The standard InChI is InChI=1S/C14H24N2S/c1-4-14(3)11-16(12(2)5-7-15-14)9-13-6-8-17-10-13/h6,8,10,12,15H,4-5,7,9,11H2,1-3H3. The average Bonchev–Trinajstić information content (AvgIpc) is 2.76. The quantitative estimate of drug-likeness (QED) is 0.889. The van der Waals surface area contributed by atoms with Crippen LogP contribution in [-0.2, 0) is 6.54 Å². The molecule has 0 spiro atoms. The molecule has 96 valence electrons. The Morgan fingerprint density at radius 3 is 3.06 bits per heavy atom. The van der Waals surface area contributed by atoms with E-state index in [1.807, 2.05) is 0 Å². The molecule has 2 heterocycles. The third-order valence-electron chi connectivity index (χ3n) is 4.04. The predicted molar refractivity (Wildman–Crippen MR) is 75.5 cm³/mol. The fraction of sp³-hybridized carbons (Fsp3) is 0.714. The second kappa shape index (κ2) is 5.51. The van der Waals surface area contributed by atoms with Gasteiger partial charge in [0.25, 0.3) is 0 Å². The first-order valence-electron chi connectivity index (χ1n) is 6.63. The smallest absolute Gasteiger partial charge is 0.0278 e. The van der Waals surface area contributed by atoms with Gasteiger partial charge in [-0.1, -0.05) is 6.92 Å². The van der Waals surface area contributed by atoms with Gasteiger partial charge >= 0.3 is 0 Å². The minimum atomic E-state index is 0.279. The summed E-state index contributed by atoms with van der Waals surface area (Å²) < 4.78 is 0. The molecular formula is C14H24N2S. The lowest BCUT2D eigenvalue weighted by atomic mass is 9.98. The van der Waals surface area contributed by atoms with Gasteiger partial charge < -0.3 is 5.32 Å². The largest absolute Gasteiger partial charge is 0.310 e. The van der Waals surface area contributed by atoms with E-state index in [0.29, 0.717) is 6.04 Å². The summed E-state index contributed by atoms with van der Waals surface area (Å²) >= 11 is 1.80. The Bertz CT molecular complexity index is 336. The van der Waals surface area contributed by atoms with Crippen LogP contribution in [0.3, 0.4) is 0 Å². The minimum Gasteiger partial charge on any atom is -0.310 e. The summed E-state index contributed by atoms with van der Waals surface area (Å²) in [6.07, 6.45) is 2.44. The molecule has 1 aliphatic heterocycles. The topological polar surface area (TPSA) is 15.3 Å². The molecule has 1 aliphatic rings. The van der Waals surface area contributed by atoms with Crippen molar-refractivity contribution in [2.45, 2.75) is 51.7 Å². The SMILES string of the molecule is CCC1(C)CN(Cc2ccsc2)C(C)CCN1. The van der Waals surface area contributed by atoms with Gasteiger partial charge in [-0.3, -0.25) is 4.90 Å². The fourth-order valence-electron chi connectivity index (χ4n) is 2.49. The summed E-state index contributed by atoms with van der Waals surface area (Å²) in [5.41, 5.74) is 1.74. The highest BCUT2D eigenvalue weighted by molar-refractivity contribution is 7.07. The fourth-order valence-corrected chi connectivity index (χ4v) is 3.15. The van der Waals surface area contributed by atoms with Crippen LogP contribution in [0.5, 0.6) is 0 Å². The normalized spacial score (nSPS) is 31.4. The molecule has 1 saturated heterocycles. The molecule has 2 atom stereocenters. The van der Waals surface area contributed by atoms with Gasteiger partial charge in [0.2, 0.25) is 0 Å². The summed E-state index contributed by atoms with van der Waals surface area (Å²) in [5.74, 6) is 0. The maximum atomic E-state index is 3.71. The lowest BCUT2D eigenvalue weighted by molar-refractivity contribution is 0.164. The zero-order valence-electron chi connectivity index (χ0n) is 11.2. The molecule has 3 heteroatoms. The molecule has 0 radical (unpaired) electrons. The molecule has 0 amide bonds. The minimum absolute atomic E-state index is 0.279. The molecule has 2 nitrogen and oxygen atoms in total. The highest BCUT2D eigenvalue weighted by atomic mass is 32.1. The first-order valence-corrected chi connectivity index (χ1v) is 7.57. The predicted octanol–water partition coefficient (Wildman–Crippen LogP) is 3.10. The van der Waals surface area contributed by atoms with Gasteiger partial charge in [0, 0.05) is 24.7 Å². The van der Waals surface area contributed by atoms with Gasteiger partial charge in [-0.15, -0.1) is 0 Å². The maximum absolute atomic E-state index is 3.71. The molecule has 1 fully saturated rings. The Morgan fingerprint density at radius 1 is 1.59 bits per heavy atom. The van der Waals surface area contributed by atoms with Gasteiger partial charge in [0.15, 0.2) is 0 Å². The zero-order chi connectivity index (χ0) is 12.3. The number of thiophene rings is 1. The Kier molecular flexibility index (Phi) is 4.23. The van der Waals surface area contributed by atoms with Crippen molar-refractivity contribution in [2.75, 3.05) is 13.1 Å². The maximum Gasteiger partial charge on any atom is 0.0278 e. The van der Waals surface area contributed by atoms with Crippen LogP contribution in [0.15, 0.2) is 16.8 Å². The summed E-state index contributed by atoms with van der Waals surface area (Å²) in [7, 11) is 0. The van der Waals surface area contributed by atoms with Gasteiger partial charge in [-0.25, -0.2) is 0 Å². The first-order chi connectivity index (χ1) is 8.13. The van der Waals surface area contributed by atoms with Crippen LogP contribution < -0.4 is 5.32 Å². The molecule has 0 aromatic carbocycles. The molecule has 1 aromatic rings. The molecule has 1 aromatic heterocycles. The van der Waals surface area contributed by atoms with Gasteiger partial charge in [-0.2, -0.15) is 11.3 Å². The third-order valence-corrected chi connectivity index (χ3v) is 4.77. The second-order valence-electron chi connectivity index (χ2n) is 5.52. The van der Waals surface area contributed by atoms with E-state index in [9.17, 15) is 0 Å². The molecule has 0 bridgehead atoms. The van der Waals surface area contributed by atoms with E-state index in [1.165, 1.54) is 18.4 Å². The number of rotatable bonds is 3. The Hall–Kier alpha value is -0.380. The van der Waals surface area contributed by atoms with E-state index in [0.717, 1.165) is 19.6 Å². The van der Waals surface area contributed by atoms with Gasteiger partial charge in [0.05, 0.1) is 0 Å². The lowest BCUT2D eigenvalue weighted by Gasteiger charge is -2.34. The monoisotopic (exact) mass is 252 g/mol. The summed E-state index contributed by atoms with van der Waals surface area (Å²) in [4.78, 5) is 2.63. The van der Waals surface area contributed by atoms with E-state index in [-0.39, 0.29) is 5.54 Å². The Labute approximate surface area is 109 Å². The van der Waals surface area contributed by atoms with Crippen LogP contribution in [-0.4, -0.2) is 29.6 Å². The second-order valence-corrected chi connectivity index (χ2v) is 6.30. The van der Waals surface area contributed by atoms with Crippen molar-refractivity contribution < 1.29 is 0 Å². The number of nitrogens with one attached hydrogen (secondary N) is 1. The zero-order valence-corrected chi connectivity index (χ0v) is 12.0. The van der Waals surface area contributed by atoms with Crippen molar-refractivity contribution in [2.24, 2.45) is 0 Å². The van der Waals surface area contributed by atoms with Crippen molar-refractivity contribution in [3.63, 3.8) is 0 Å². The molecule has 2 rings (SSSR count). The Balaban J connectivity index is 2.06. The average molecular weight is 252 g/mol. The highest BCUT2D eigenvalue weighted by Gasteiger charge is 2.30. The molecular weight excluding hydrogens is 228 g/mol. The van der Waals surface area contributed by atoms with Crippen LogP contribution >= 0.6 is 11.3 Å². The van der Waals surface area contributed by atoms with Crippen LogP contribution in [0.25, 0.3) is 0 Å².